The quantitative estimate of drug-likeness (QED) is 0.310. The lowest BCUT2D eigenvalue weighted by Crippen LogP contribution is -2.53. The molecule has 0 spiro atoms. The monoisotopic (exact) mass is 530 g/mol. The molecule has 0 radical (unpaired) electrons. The van der Waals surface area contributed by atoms with Crippen LogP contribution in [-0.2, 0) is 32.0 Å². The van der Waals surface area contributed by atoms with Gasteiger partial charge in [-0.25, -0.2) is 4.79 Å². The number of carbonyl (C=O) groups excluding carboxylic acids is 4. The minimum atomic E-state index is -0.956. The first-order valence-electron chi connectivity index (χ1n) is 12.6. The summed E-state index contributed by atoms with van der Waals surface area (Å²) in [5.41, 5.74) is 2.57. The minimum absolute atomic E-state index is 0.174. The number of hydrogen-bond donors (Lipinski definition) is 3. The molecule has 0 saturated carbocycles. The van der Waals surface area contributed by atoms with E-state index in [1.165, 1.54) is 7.11 Å². The highest BCUT2D eigenvalue weighted by Gasteiger charge is 2.28. The van der Waals surface area contributed by atoms with Gasteiger partial charge in [0.15, 0.2) is 0 Å². The maximum Gasteiger partial charge on any atom is 0.328 e. The topological polar surface area (TPSA) is 117 Å². The number of hydrogen-bond acceptors (Lipinski definition) is 6. The Bertz CT molecular complexity index is 1250. The van der Waals surface area contributed by atoms with Crippen molar-refractivity contribution in [1.29, 1.82) is 0 Å². The van der Waals surface area contributed by atoms with Gasteiger partial charge in [-0.2, -0.15) is 0 Å². The number of likely N-dealkylation sites (N-methyl/N-ethyl adjacent to an activating group) is 1. The van der Waals surface area contributed by atoms with E-state index in [2.05, 4.69) is 16.0 Å². The molecule has 0 saturated heterocycles. The summed E-state index contributed by atoms with van der Waals surface area (Å²) in [6.45, 7) is 0.232. The molecule has 3 amide bonds. The number of rotatable bonds is 12. The number of benzene rings is 3. The average molecular weight is 531 g/mol. The Balaban J connectivity index is 1.75. The third-order valence-corrected chi connectivity index (χ3v) is 5.88. The summed E-state index contributed by atoms with van der Waals surface area (Å²) < 4.78 is 4.92. The molecule has 2 atom stereocenters. The van der Waals surface area contributed by atoms with E-state index in [0.29, 0.717) is 11.3 Å². The number of ether oxygens (including phenoxy) is 1. The fraction of sp³-hybridized carbons (Fsp3) is 0.267. The number of esters is 1. The molecule has 0 heterocycles. The zero-order chi connectivity index (χ0) is 28.2. The Kier molecular flexibility index (Phi) is 10.8. The normalized spacial score (nSPS) is 12.2. The van der Waals surface area contributed by atoms with Crippen molar-refractivity contribution in [2.45, 2.75) is 24.9 Å². The van der Waals surface area contributed by atoms with Crippen LogP contribution < -0.4 is 16.0 Å². The van der Waals surface area contributed by atoms with Gasteiger partial charge in [0.05, 0.1) is 13.7 Å². The number of methoxy groups -OCH3 is 1. The number of carbonyl (C=O) groups is 4. The van der Waals surface area contributed by atoms with Crippen molar-refractivity contribution in [2.75, 3.05) is 33.1 Å². The Morgan fingerprint density at radius 3 is 1.79 bits per heavy atom. The van der Waals surface area contributed by atoms with Crippen molar-refractivity contribution in [1.82, 2.24) is 15.5 Å². The smallest absolute Gasteiger partial charge is 0.328 e. The molecule has 0 unspecified atom stereocenters. The lowest BCUT2D eigenvalue weighted by atomic mass is 10.0. The number of nitrogens with zero attached hydrogens (tertiary/aromatic N) is 1. The predicted molar refractivity (Wildman–Crippen MR) is 149 cm³/mol. The molecule has 0 bridgehead atoms. The molecule has 0 aliphatic heterocycles. The second kappa shape index (κ2) is 14.4. The Labute approximate surface area is 228 Å². The molecule has 9 nitrogen and oxygen atoms in total. The zero-order valence-electron chi connectivity index (χ0n) is 22.3. The molecule has 204 valence electrons. The van der Waals surface area contributed by atoms with Crippen molar-refractivity contribution in [3.8, 4) is 0 Å². The van der Waals surface area contributed by atoms with Crippen molar-refractivity contribution in [2.24, 2.45) is 0 Å². The van der Waals surface area contributed by atoms with Gasteiger partial charge < -0.3 is 25.6 Å². The summed E-state index contributed by atoms with van der Waals surface area (Å²) in [7, 11) is 4.86. The van der Waals surface area contributed by atoms with Gasteiger partial charge in [-0.05, 0) is 49.5 Å². The predicted octanol–water partition coefficient (Wildman–Crippen LogP) is 2.43. The van der Waals surface area contributed by atoms with E-state index in [1.807, 2.05) is 60.7 Å². The van der Waals surface area contributed by atoms with Gasteiger partial charge in [0.1, 0.15) is 12.1 Å². The molecule has 3 N–H and O–H groups in total. The number of nitrogens with one attached hydrogen (secondary N) is 3. The van der Waals surface area contributed by atoms with Crippen LogP contribution in [0.5, 0.6) is 0 Å². The summed E-state index contributed by atoms with van der Waals surface area (Å²) in [5, 5.41) is 8.33. The number of amides is 3. The largest absolute Gasteiger partial charge is 0.467 e. The van der Waals surface area contributed by atoms with Gasteiger partial charge in [0.2, 0.25) is 11.8 Å². The molecular formula is C30H34N4O5. The van der Waals surface area contributed by atoms with E-state index in [4.69, 9.17) is 4.74 Å². The molecule has 0 fully saturated rings. The highest BCUT2D eigenvalue weighted by Crippen LogP contribution is 2.12. The van der Waals surface area contributed by atoms with Gasteiger partial charge in [-0.3, -0.25) is 14.4 Å². The molecule has 3 aromatic carbocycles. The summed E-state index contributed by atoms with van der Waals surface area (Å²) in [4.78, 5) is 52.8. The minimum Gasteiger partial charge on any atom is -0.467 e. The van der Waals surface area contributed by atoms with Gasteiger partial charge >= 0.3 is 5.97 Å². The third kappa shape index (κ3) is 9.39. The van der Waals surface area contributed by atoms with Crippen molar-refractivity contribution in [3.05, 3.63) is 102 Å². The first-order valence-corrected chi connectivity index (χ1v) is 12.6. The van der Waals surface area contributed by atoms with Gasteiger partial charge in [0, 0.05) is 24.1 Å². The Hall–Kier alpha value is -4.50. The first-order chi connectivity index (χ1) is 18.7. The fourth-order valence-corrected chi connectivity index (χ4v) is 3.95. The van der Waals surface area contributed by atoms with Crippen LogP contribution in [0.2, 0.25) is 0 Å². The van der Waals surface area contributed by atoms with Crippen LogP contribution in [-0.4, -0.2) is 68.4 Å². The third-order valence-electron chi connectivity index (χ3n) is 5.88. The van der Waals surface area contributed by atoms with Crippen LogP contribution in [0.3, 0.4) is 0 Å². The van der Waals surface area contributed by atoms with E-state index >= 15 is 0 Å². The van der Waals surface area contributed by atoms with Crippen LogP contribution in [0, 0.1) is 0 Å². The SMILES string of the molecule is COC(=O)[C@H](Cc1ccccc1)NC(=O)[C@H](Cc1ccccc1)NC(=O)c1ccc(NC(=O)CN(C)C)cc1. The van der Waals surface area contributed by atoms with E-state index in [0.717, 1.165) is 11.1 Å². The van der Waals surface area contributed by atoms with Crippen molar-refractivity contribution >= 4 is 29.4 Å². The Morgan fingerprint density at radius 1 is 0.744 bits per heavy atom. The standard InChI is InChI=1S/C30H34N4O5/c1-34(2)20-27(35)31-24-16-14-23(15-17-24)28(36)32-25(18-21-10-6-4-7-11-21)29(37)33-26(30(38)39-3)19-22-12-8-5-9-13-22/h4-17,25-26H,18-20H2,1-3H3,(H,31,35)(H,32,36)(H,33,37)/t25-,26-/m0/s1. The van der Waals surface area contributed by atoms with Crippen LogP contribution in [0.4, 0.5) is 5.69 Å². The van der Waals surface area contributed by atoms with Crippen molar-refractivity contribution in [3.63, 3.8) is 0 Å². The molecule has 3 rings (SSSR count). The zero-order valence-corrected chi connectivity index (χ0v) is 22.3. The second-order valence-electron chi connectivity index (χ2n) is 9.35. The molecule has 3 aromatic rings. The Morgan fingerprint density at radius 2 is 1.28 bits per heavy atom. The van der Waals surface area contributed by atoms with E-state index in [1.54, 1.807) is 43.3 Å². The van der Waals surface area contributed by atoms with Gasteiger partial charge in [-0.1, -0.05) is 60.7 Å². The first kappa shape index (κ1) is 29.1. The molecule has 9 heteroatoms. The molecule has 0 aromatic heterocycles. The van der Waals surface area contributed by atoms with E-state index in [9.17, 15) is 19.2 Å². The van der Waals surface area contributed by atoms with E-state index < -0.39 is 29.9 Å². The fourth-order valence-electron chi connectivity index (χ4n) is 3.95. The number of anilines is 1. The molecular weight excluding hydrogens is 496 g/mol. The van der Waals surface area contributed by atoms with Crippen LogP contribution in [0.25, 0.3) is 0 Å². The van der Waals surface area contributed by atoms with Crippen LogP contribution in [0.1, 0.15) is 21.5 Å². The molecule has 39 heavy (non-hydrogen) atoms. The average Bonchev–Trinajstić information content (AvgIpc) is 2.92. The molecule has 0 aliphatic carbocycles. The highest BCUT2D eigenvalue weighted by molar-refractivity contribution is 5.99. The maximum atomic E-state index is 13.4. The highest BCUT2D eigenvalue weighted by atomic mass is 16.5. The van der Waals surface area contributed by atoms with Crippen molar-refractivity contribution < 1.29 is 23.9 Å². The second-order valence-corrected chi connectivity index (χ2v) is 9.35. The lowest BCUT2D eigenvalue weighted by Gasteiger charge is -2.23. The van der Waals surface area contributed by atoms with Gasteiger partial charge in [0.25, 0.3) is 5.91 Å². The van der Waals surface area contributed by atoms with Crippen LogP contribution in [0.15, 0.2) is 84.9 Å². The van der Waals surface area contributed by atoms with Gasteiger partial charge in [-0.15, -0.1) is 0 Å². The summed E-state index contributed by atoms with van der Waals surface area (Å²) >= 11 is 0. The summed E-state index contributed by atoms with van der Waals surface area (Å²) in [6.07, 6.45) is 0.461. The lowest BCUT2D eigenvalue weighted by molar-refractivity contribution is -0.145. The molecule has 0 aliphatic rings. The maximum absolute atomic E-state index is 13.4. The summed E-state index contributed by atoms with van der Waals surface area (Å²) in [6, 6.07) is 23.1. The van der Waals surface area contributed by atoms with Crippen LogP contribution >= 0.6 is 0 Å². The summed E-state index contributed by atoms with van der Waals surface area (Å²) in [5.74, 6) is -1.72. The van der Waals surface area contributed by atoms with E-state index in [-0.39, 0.29) is 25.3 Å².